The molecule has 1 aliphatic carbocycles. The summed E-state index contributed by atoms with van der Waals surface area (Å²) in [6, 6.07) is 11.6. The van der Waals surface area contributed by atoms with Crippen molar-refractivity contribution >= 4 is 17.7 Å². The third-order valence-corrected chi connectivity index (χ3v) is 7.50. The predicted molar refractivity (Wildman–Crippen MR) is 147 cm³/mol. The van der Waals surface area contributed by atoms with Crippen LogP contribution in [-0.4, -0.2) is 67.0 Å². The number of nitrogens with zero attached hydrogens (tertiary/aromatic N) is 1. The van der Waals surface area contributed by atoms with Gasteiger partial charge in [-0.1, -0.05) is 30.3 Å². The molecule has 1 saturated carbocycles. The average molecular weight is 539 g/mol. The van der Waals surface area contributed by atoms with Gasteiger partial charge in [-0.15, -0.1) is 0 Å². The lowest BCUT2D eigenvalue weighted by molar-refractivity contribution is -0.141. The van der Waals surface area contributed by atoms with E-state index in [1.54, 1.807) is 26.1 Å². The number of hydrogen-bond donors (Lipinski definition) is 3. The number of likely N-dealkylation sites (N-methyl/N-ethyl adjacent to an activating group) is 1. The monoisotopic (exact) mass is 538 g/mol. The van der Waals surface area contributed by atoms with Gasteiger partial charge < -0.3 is 25.6 Å². The zero-order chi connectivity index (χ0) is 27.9. The second-order valence-corrected chi connectivity index (χ2v) is 10.7. The normalized spacial score (nSPS) is 25.9. The summed E-state index contributed by atoms with van der Waals surface area (Å²) in [4.78, 5) is 41.4. The van der Waals surface area contributed by atoms with Crippen LogP contribution in [0.5, 0.6) is 5.75 Å². The maximum Gasteiger partial charge on any atom is 0.243 e. The second kappa shape index (κ2) is 13.1. The van der Waals surface area contributed by atoms with Gasteiger partial charge in [0.2, 0.25) is 17.7 Å². The van der Waals surface area contributed by atoms with Gasteiger partial charge in [0.1, 0.15) is 29.8 Å². The number of amides is 3. The Hall–Kier alpha value is -3.46. The van der Waals surface area contributed by atoms with Crippen LogP contribution in [0.3, 0.4) is 0 Å². The molecule has 0 aromatic heterocycles. The summed E-state index contributed by atoms with van der Waals surface area (Å²) in [7, 11) is 1.62. The van der Waals surface area contributed by atoms with Gasteiger partial charge in [-0.25, -0.2) is 4.39 Å². The standard InChI is InChI=1S/C30H39FN4O4/c1-19-18-33-27(23-12-13-23)30(38)35(3)20(2)28(36)34-25(17-21-10-14-24(31)15-11-21)29(37)32-16-6-8-22-7-4-5-9-26(22)39-19/h4-5,7,9-11,14-15,19-20,23,25,27,33H,6,8,12-13,16-18H2,1-3H3,(H,32,37)(H,34,36)/t19-,20?,25-,27+/m1/s1. The molecule has 1 unspecified atom stereocenters. The minimum absolute atomic E-state index is 0.159. The number of nitrogens with one attached hydrogen (secondary N) is 3. The van der Waals surface area contributed by atoms with E-state index in [1.165, 1.54) is 17.0 Å². The van der Waals surface area contributed by atoms with Crippen LogP contribution in [0.2, 0.25) is 0 Å². The molecule has 0 spiro atoms. The minimum atomic E-state index is -0.873. The van der Waals surface area contributed by atoms with Gasteiger partial charge in [0.15, 0.2) is 0 Å². The summed E-state index contributed by atoms with van der Waals surface area (Å²) < 4.78 is 19.7. The van der Waals surface area contributed by atoms with Crippen LogP contribution in [0.15, 0.2) is 48.5 Å². The molecule has 0 bridgehead atoms. The van der Waals surface area contributed by atoms with Crippen molar-refractivity contribution in [3.63, 3.8) is 0 Å². The van der Waals surface area contributed by atoms with E-state index in [2.05, 4.69) is 16.0 Å². The third-order valence-electron chi connectivity index (χ3n) is 7.50. The zero-order valence-electron chi connectivity index (χ0n) is 22.9. The van der Waals surface area contributed by atoms with Gasteiger partial charge in [-0.05, 0) is 74.8 Å². The topological polar surface area (TPSA) is 99.8 Å². The van der Waals surface area contributed by atoms with E-state index in [0.29, 0.717) is 31.5 Å². The molecule has 9 heteroatoms. The van der Waals surface area contributed by atoms with Gasteiger partial charge >= 0.3 is 0 Å². The highest BCUT2D eigenvalue weighted by Gasteiger charge is 2.39. The Labute approximate surface area is 229 Å². The van der Waals surface area contributed by atoms with Crippen LogP contribution in [0, 0.1) is 11.7 Å². The fourth-order valence-corrected chi connectivity index (χ4v) is 4.82. The first-order chi connectivity index (χ1) is 18.7. The highest BCUT2D eigenvalue weighted by molar-refractivity contribution is 5.93. The lowest BCUT2D eigenvalue weighted by Crippen LogP contribution is -2.57. The number of aryl methyl sites for hydroxylation is 1. The van der Waals surface area contributed by atoms with Gasteiger partial charge in [-0.2, -0.15) is 0 Å². The second-order valence-electron chi connectivity index (χ2n) is 10.7. The number of ether oxygens (including phenoxy) is 1. The van der Waals surface area contributed by atoms with Crippen molar-refractivity contribution in [3.05, 3.63) is 65.5 Å². The highest BCUT2D eigenvalue weighted by atomic mass is 19.1. The fraction of sp³-hybridized carbons (Fsp3) is 0.500. The molecule has 0 radical (unpaired) electrons. The highest BCUT2D eigenvalue weighted by Crippen LogP contribution is 2.33. The summed E-state index contributed by atoms with van der Waals surface area (Å²) in [5.41, 5.74) is 1.76. The number of carbonyl (C=O) groups is 3. The number of para-hydroxylation sites is 1. The van der Waals surface area contributed by atoms with Gasteiger partial charge in [0.05, 0.1) is 6.04 Å². The van der Waals surface area contributed by atoms with Crippen LogP contribution in [0.1, 0.15) is 44.2 Å². The Morgan fingerprint density at radius 1 is 1.00 bits per heavy atom. The van der Waals surface area contributed by atoms with Crippen molar-refractivity contribution in [2.45, 2.75) is 70.2 Å². The number of rotatable bonds is 3. The largest absolute Gasteiger partial charge is 0.489 e. The van der Waals surface area contributed by atoms with Gasteiger partial charge in [0.25, 0.3) is 0 Å². The molecule has 3 N–H and O–H groups in total. The SMILES string of the molecule is CC1C(=O)N[C@H](Cc2ccc(F)cc2)C(=O)NCCCc2ccccc2O[C@H](C)CN[C@@H](C2CC2)C(=O)N1C. The first kappa shape index (κ1) is 28.5. The molecule has 4 rings (SSSR count). The summed E-state index contributed by atoms with van der Waals surface area (Å²) in [6.45, 7) is 4.53. The first-order valence-corrected chi connectivity index (χ1v) is 13.8. The molecule has 1 heterocycles. The van der Waals surface area contributed by atoms with Crippen molar-refractivity contribution in [2.24, 2.45) is 5.92 Å². The Balaban J connectivity index is 1.56. The molecule has 4 atom stereocenters. The van der Waals surface area contributed by atoms with E-state index in [0.717, 1.165) is 24.2 Å². The third kappa shape index (κ3) is 7.79. The molecule has 1 fully saturated rings. The molecule has 3 amide bonds. The lowest BCUT2D eigenvalue weighted by atomic mass is 10.0. The van der Waals surface area contributed by atoms with Crippen LogP contribution in [0.4, 0.5) is 4.39 Å². The molecule has 0 saturated heterocycles. The van der Waals surface area contributed by atoms with E-state index >= 15 is 0 Å². The van der Waals surface area contributed by atoms with Crippen molar-refractivity contribution in [3.8, 4) is 5.75 Å². The number of halogens is 1. The van der Waals surface area contributed by atoms with Crippen molar-refractivity contribution in [1.29, 1.82) is 0 Å². The molecule has 39 heavy (non-hydrogen) atoms. The van der Waals surface area contributed by atoms with Crippen LogP contribution in [-0.2, 0) is 27.2 Å². The number of carbonyl (C=O) groups excluding carboxylic acids is 3. The number of hydrogen-bond acceptors (Lipinski definition) is 5. The van der Waals surface area contributed by atoms with E-state index < -0.39 is 24.0 Å². The molecule has 1 aliphatic heterocycles. The van der Waals surface area contributed by atoms with Gasteiger partial charge in [-0.3, -0.25) is 14.4 Å². The Morgan fingerprint density at radius 2 is 1.72 bits per heavy atom. The molecule has 2 aromatic carbocycles. The maximum absolute atomic E-state index is 13.5. The van der Waals surface area contributed by atoms with Crippen LogP contribution >= 0.6 is 0 Å². The molecule has 2 aromatic rings. The number of fused-ring (bicyclic) bond motifs is 1. The maximum atomic E-state index is 13.5. The quantitative estimate of drug-likeness (QED) is 0.558. The molecular weight excluding hydrogens is 499 g/mol. The molecule has 8 nitrogen and oxygen atoms in total. The fourth-order valence-electron chi connectivity index (χ4n) is 4.82. The van der Waals surface area contributed by atoms with E-state index in [9.17, 15) is 18.8 Å². The van der Waals surface area contributed by atoms with E-state index in [4.69, 9.17) is 4.74 Å². The molecule has 2 aliphatic rings. The van der Waals surface area contributed by atoms with Crippen molar-refractivity contribution in [1.82, 2.24) is 20.9 Å². The Morgan fingerprint density at radius 3 is 2.44 bits per heavy atom. The molecule has 210 valence electrons. The summed E-state index contributed by atoms with van der Waals surface area (Å²) in [5.74, 6) is -0.269. The summed E-state index contributed by atoms with van der Waals surface area (Å²) in [6.07, 6.45) is 3.33. The predicted octanol–water partition coefficient (Wildman–Crippen LogP) is 2.60. The minimum Gasteiger partial charge on any atom is -0.489 e. The first-order valence-electron chi connectivity index (χ1n) is 13.8. The summed E-state index contributed by atoms with van der Waals surface area (Å²) in [5, 5.41) is 9.17. The van der Waals surface area contributed by atoms with E-state index in [1.807, 2.05) is 31.2 Å². The van der Waals surface area contributed by atoms with Crippen LogP contribution in [0.25, 0.3) is 0 Å². The Kier molecular flexibility index (Phi) is 9.56. The van der Waals surface area contributed by atoms with Crippen molar-refractivity contribution < 1.29 is 23.5 Å². The average Bonchev–Trinajstić information content (AvgIpc) is 3.76. The summed E-state index contributed by atoms with van der Waals surface area (Å²) >= 11 is 0. The smallest absolute Gasteiger partial charge is 0.243 e. The Bertz CT molecular complexity index is 1150. The van der Waals surface area contributed by atoms with Gasteiger partial charge in [0, 0.05) is 26.6 Å². The molecular formula is C30H39FN4O4. The number of benzene rings is 2. The lowest BCUT2D eigenvalue weighted by Gasteiger charge is -2.31. The van der Waals surface area contributed by atoms with Crippen LogP contribution < -0.4 is 20.7 Å². The van der Waals surface area contributed by atoms with Crippen molar-refractivity contribution in [2.75, 3.05) is 20.1 Å². The zero-order valence-corrected chi connectivity index (χ0v) is 22.9. The van der Waals surface area contributed by atoms with E-state index in [-0.39, 0.29) is 36.1 Å².